The van der Waals surface area contributed by atoms with Gasteiger partial charge < -0.3 is 24.6 Å². The van der Waals surface area contributed by atoms with Crippen molar-refractivity contribution in [1.82, 2.24) is 9.88 Å². The highest BCUT2D eigenvalue weighted by Gasteiger charge is 2.28. The minimum absolute atomic E-state index is 0.103. The van der Waals surface area contributed by atoms with Gasteiger partial charge in [0.25, 0.3) is 0 Å². The van der Waals surface area contributed by atoms with Gasteiger partial charge in [0.2, 0.25) is 0 Å². The van der Waals surface area contributed by atoms with Gasteiger partial charge in [-0.15, -0.1) is 11.3 Å². The maximum Gasteiger partial charge on any atom is 0.409 e. The van der Waals surface area contributed by atoms with Crippen LogP contribution in [0.4, 0.5) is 4.79 Å². The van der Waals surface area contributed by atoms with Crippen molar-refractivity contribution in [2.75, 3.05) is 20.2 Å². The van der Waals surface area contributed by atoms with Crippen molar-refractivity contribution in [3.8, 4) is 5.75 Å². The van der Waals surface area contributed by atoms with Crippen LogP contribution in [0.5, 0.6) is 5.75 Å². The Morgan fingerprint density at radius 2 is 2.09 bits per heavy atom. The molecule has 3 rings (SSSR count). The summed E-state index contributed by atoms with van der Waals surface area (Å²) >= 11 is 7.69. The molecule has 2 aromatic heterocycles. The summed E-state index contributed by atoms with van der Waals surface area (Å²) in [4.78, 5) is 30.7. The normalized spacial score (nSPS) is 17.7. The van der Waals surface area contributed by atoms with Crippen molar-refractivity contribution < 1.29 is 29.3 Å². The predicted molar refractivity (Wildman–Crippen MR) is 134 cm³/mol. The van der Waals surface area contributed by atoms with E-state index in [1.54, 1.807) is 7.05 Å². The number of rotatable bonds is 11. The fourth-order valence-electron chi connectivity index (χ4n) is 4.15. The van der Waals surface area contributed by atoms with Gasteiger partial charge in [-0.1, -0.05) is 11.6 Å². The first-order chi connectivity index (χ1) is 16.8. The first kappa shape index (κ1) is 27.2. The average molecular weight is 525 g/mol. The number of carbonyl (C=O) groups is 2. The largest absolute Gasteiger partial charge is 0.489 e. The summed E-state index contributed by atoms with van der Waals surface area (Å²) in [7, 11) is 1.67. The van der Waals surface area contributed by atoms with E-state index in [9.17, 15) is 14.7 Å². The molecule has 2 atom stereocenters. The standard InChI is InChI=1S/C25H33ClN2O6S/c1-16-21(34-20-7-5-6-17(12-20)24(30)31)9-8-19(27-16)14-22-18(13-23(26)35-22)15-33-25(32)28(2)10-3-4-11-29/h8-9,13,17,20,29H,3-7,10-12,14-15H2,1-2H3,(H,30,31)/t17-,20-/m0/s1. The second-order valence-electron chi connectivity index (χ2n) is 8.91. The van der Waals surface area contributed by atoms with Crippen LogP contribution in [0.15, 0.2) is 18.2 Å². The van der Waals surface area contributed by atoms with Crippen LogP contribution < -0.4 is 4.74 Å². The third-order valence-electron chi connectivity index (χ3n) is 6.14. The number of carboxylic acid groups (broad SMARTS) is 1. The van der Waals surface area contributed by atoms with Gasteiger partial charge in [0.05, 0.1) is 22.1 Å². The number of pyridine rings is 1. The van der Waals surface area contributed by atoms with Crippen LogP contribution in [0.1, 0.15) is 60.4 Å². The fraction of sp³-hybridized carbons (Fsp3) is 0.560. The predicted octanol–water partition coefficient (Wildman–Crippen LogP) is 5.06. The number of aliphatic hydroxyl groups excluding tert-OH is 1. The lowest BCUT2D eigenvalue weighted by atomic mass is 9.87. The first-order valence-electron chi connectivity index (χ1n) is 11.9. The van der Waals surface area contributed by atoms with Gasteiger partial charge in [-0.05, 0) is 63.6 Å². The first-order valence-corrected chi connectivity index (χ1v) is 13.1. The molecule has 0 aliphatic heterocycles. The Kier molecular flexibility index (Phi) is 10.2. The average Bonchev–Trinajstić information content (AvgIpc) is 3.18. The molecule has 35 heavy (non-hydrogen) atoms. The van der Waals surface area contributed by atoms with E-state index in [2.05, 4.69) is 4.98 Å². The molecule has 2 N–H and O–H groups in total. The Hall–Kier alpha value is -2.36. The number of halogens is 1. The summed E-state index contributed by atoms with van der Waals surface area (Å²) in [6.45, 7) is 2.62. The number of aliphatic hydroxyl groups is 1. The summed E-state index contributed by atoms with van der Waals surface area (Å²) in [6, 6.07) is 5.60. The molecule has 1 saturated carbocycles. The van der Waals surface area contributed by atoms with E-state index < -0.39 is 12.1 Å². The molecule has 0 aromatic carbocycles. The molecule has 10 heteroatoms. The molecule has 2 heterocycles. The highest BCUT2D eigenvalue weighted by Crippen LogP contribution is 2.31. The third kappa shape index (κ3) is 8.08. The number of aliphatic carboxylic acids is 1. The summed E-state index contributed by atoms with van der Waals surface area (Å²) in [5.41, 5.74) is 2.44. The Bertz CT molecular complexity index is 1010. The highest BCUT2D eigenvalue weighted by molar-refractivity contribution is 7.16. The number of thiophene rings is 1. The number of unbranched alkanes of at least 4 members (excludes halogenated alkanes) is 1. The number of carbonyl (C=O) groups excluding carboxylic acids is 1. The third-order valence-corrected chi connectivity index (χ3v) is 7.44. The van der Waals surface area contributed by atoms with Gasteiger partial charge in [-0.25, -0.2) is 4.79 Å². The molecule has 1 fully saturated rings. The molecule has 1 amide bonds. The zero-order valence-electron chi connectivity index (χ0n) is 20.2. The molecule has 1 aliphatic carbocycles. The van der Waals surface area contributed by atoms with Gasteiger partial charge >= 0.3 is 12.1 Å². The second-order valence-corrected chi connectivity index (χ2v) is 10.7. The van der Waals surface area contributed by atoms with Crippen molar-refractivity contribution in [2.45, 2.75) is 64.6 Å². The number of carboxylic acids is 1. The molecule has 8 nitrogen and oxygen atoms in total. The molecule has 0 bridgehead atoms. The van der Waals surface area contributed by atoms with E-state index in [4.69, 9.17) is 26.2 Å². The molecule has 0 unspecified atom stereocenters. The maximum absolute atomic E-state index is 12.2. The monoisotopic (exact) mass is 524 g/mol. The molecular formula is C25H33ClN2O6S. The van der Waals surface area contributed by atoms with E-state index in [-0.39, 0.29) is 25.2 Å². The molecule has 0 radical (unpaired) electrons. The molecule has 0 saturated heterocycles. The van der Waals surface area contributed by atoms with E-state index in [0.29, 0.717) is 48.7 Å². The number of amides is 1. The van der Waals surface area contributed by atoms with Gasteiger partial charge in [-0.3, -0.25) is 9.78 Å². The summed E-state index contributed by atoms with van der Waals surface area (Å²) in [5.74, 6) is -0.432. The second kappa shape index (κ2) is 13.1. The Morgan fingerprint density at radius 3 is 2.80 bits per heavy atom. The quantitative estimate of drug-likeness (QED) is 0.395. The van der Waals surface area contributed by atoms with Crippen LogP contribution in [0.3, 0.4) is 0 Å². The van der Waals surface area contributed by atoms with Crippen LogP contribution in [-0.2, 0) is 22.6 Å². The summed E-state index contributed by atoms with van der Waals surface area (Å²) in [6.07, 6.45) is 4.27. The zero-order chi connectivity index (χ0) is 25.4. The Balaban J connectivity index is 1.59. The molecule has 1 aliphatic rings. The number of nitrogens with zero attached hydrogens (tertiary/aromatic N) is 2. The fourth-order valence-corrected chi connectivity index (χ4v) is 5.46. The smallest absolute Gasteiger partial charge is 0.409 e. The molecule has 192 valence electrons. The number of aryl methyl sites for hydroxylation is 1. The van der Waals surface area contributed by atoms with Gasteiger partial charge in [-0.2, -0.15) is 0 Å². The van der Waals surface area contributed by atoms with E-state index in [0.717, 1.165) is 34.7 Å². The van der Waals surface area contributed by atoms with Crippen LogP contribution in [0.2, 0.25) is 4.34 Å². The molecule has 0 spiro atoms. The topological polar surface area (TPSA) is 109 Å². The van der Waals surface area contributed by atoms with E-state index >= 15 is 0 Å². The Labute approximate surface area is 214 Å². The zero-order valence-corrected chi connectivity index (χ0v) is 21.7. The van der Waals surface area contributed by atoms with Crippen molar-refractivity contribution in [1.29, 1.82) is 0 Å². The van der Waals surface area contributed by atoms with Crippen molar-refractivity contribution in [3.63, 3.8) is 0 Å². The highest BCUT2D eigenvalue weighted by atomic mass is 35.5. The number of aromatic nitrogens is 1. The van der Waals surface area contributed by atoms with Crippen LogP contribution in [-0.4, -0.2) is 58.5 Å². The van der Waals surface area contributed by atoms with Crippen LogP contribution in [0, 0.1) is 12.8 Å². The number of ether oxygens (including phenoxy) is 2. The van der Waals surface area contributed by atoms with Gasteiger partial charge in [0.15, 0.2) is 0 Å². The van der Waals surface area contributed by atoms with Crippen molar-refractivity contribution in [2.24, 2.45) is 5.92 Å². The molecule has 2 aromatic rings. The number of hydrogen-bond acceptors (Lipinski definition) is 7. The molecular weight excluding hydrogens is 492 g/mol. The lowest BCUT2D eigenvalue weighted by Crippen LogP contribution is -2.29. The number of hydrogen-bond donors (Lipinski definition) is 2. The summed E-state index contributed by atoms with van der Waals surface area (Å²) in [5, 5.41) is 18.2. The van der Waals surface area contributed by atoms with Gasteiger partial charge in [0, 0.05) is 42.8 Å². The Morgan fingerprint density at radius 1 is 1.29 bits per heavy atom. The van der Waals surface area contributed by atoms with Gasteiger partial charge in [0.1, 0.15) is 12.4 Å². The van der Waals surface area contributed by atoms with Crippen molar-refractivity contribution >= 4 is 35.0 Å². The minimum Gasteiger partial charge on any atom is -0.489 e. The van der Waals surface area contributed by atoms with E-state index in [1.165, 1.54) is 16.2 Å². The van der Waals surface area contributed by atoms with E-state index in [1.807, 2.05) is 25.1 Å². The SMILES string of the molecule is Cc1nc(Cc2sc(Cl)cc2COC(=O)N(C)CCCCO)ccc1O[C@H]1CCC[C@H](C(=O)O)C1. The van der Waals surface area contributed by atoms with Crippen LogP contribution in [0.25, 0.3) is 0 Å². The lowest BCUT2D eigenvalue weighted by Gasteiger charge is -2.27. The lowest BCUT2D eigenvalue weighted by molar-refractivity contribution is -0.143. The van der Waals surface area contributed by atoms with Crippen LogP contribution >= 0.6 is 22.9 Å². The summed E-state index contributed by atoms with van der Waals surface area (Å²) < 4.78 is 12.2. The van der Waals surface area contributed by atoms with Crippen molar-refractivity contribution in [3.05, 3.63) is 44.4 Å². The maximum atomic E-state index is 12.2. The minimum atomic E-state index is -0.757.